The van der Waals surface area contributed by atoms with E-state index < -0.39 is 0 Å². The van der Waals surface area contributed by atoms with E-state index in [2.05, 4.69) is 5.10 Å². The van der Waals surface area contributed by atoms with Crippen molar-refractivity contribution >= 4 is 5.82 Å². The van der Waals surface area contributed by atoms with E-state index in [9.17, 15) is 0 Å². The monoisotopic (exact) mass is 203 g/mol. The van der Waals surface area contributed by atoms with Crippen molar-refractivity contribution in [2.75, 3.05) is 12.8 Å². The van der Waals surface area contributed by atoms with Gasteiger partial charge in [0.25, 0.3) is 0 Å². The molecule has 1 aromatic heterocycles. The minimum Gasteiger partial charge on any atom is -0.481 e. The van der Waals surface area contributed by atoms with Crippen LogP contribution in [0.15, 0.2) is 30.3 Å². The van der Waals surface area contributed by atoms with Gasteiger partial charge < -0.3 is 10.5 Å². The molecule has 0 aliphatic rings. The minimum absolute atomic E-state index is 0.451. The SMILES string of the molecule is COc1cc(N)nn1-c1ccc(C)cc1. The Morgan fingerprint density at radius 1 is 1.27 bits per heavy atom. The zero-order valence-electron chi connectivity index (χ0n) is 8.77. The van der Waals surface area contributed by atoms with Gasteiger partial charge in [-0.3, -0.25) is 0 Å². The quantitative estimate of drug-likeness (QED) is 0.809. The Balaban J connectivity index is 2.48. The number of ether oxygens (including phenoxy) is 1. The maximum absolute atomic E-state index is 5.61. The zero-order chi connectivity index (χ0) is 10.8. The van der Waals surface area contributed by atoms with Crippen LogP contribution < -0.4 is 10.5 Å². The van der Waals surface area contributed by atoms with Crippen LogP contribution in [0.2, 0.25) is 0 Å². The Morgan fingerprint density at radius 3 is 2.53 bits per heavy atom. The first-order valence-electron chi connectivity index (χ1n) is 4.67. The van der Waals surface area contributed by atoms with E-state index in [1.165, 1.54) is 5.56 Å². The molecule has 1 heterocycles. The van der Waals surface area contributed by atoms with Crippen LogP contribution in [0.3, 0.4) is 0 Å². The summed E-state index contributed by atoms with van der Waals surface area (Å²) in [5.74, 6) is 1.09. The molecule has 0 bridgehead atoms. The Morgan fingerprint density at radius 2 is 1.93 bits per heavy atom. The van der Waals surface area contributed by atoms with Gasteiger partial charge in [-0.25, -0.2) is 0 Å². The number of rotatable bonds is 2. The number of anilines is 1. The molecule has 2 aromatic rings. The van der Waals surface area contributed by atoms with E-state index in [0.29, 0.717) is 11.7 Å². The molecule has 1 aromatic carbocycles. The van der Waals surface area contributed by atoms with Gasteiger partial charge in [0, 0.05) is 6.07 Å². The Labute approximate surface area is 88.3 Å². The van der Waals surface area contributed by atoms with Gasteiger partial charge in [-0.2, -0.15) is 4.68 Å². The second-order valence-corrected chi connectivity index (χ2v) is 3.36. The molecule has 0 unspecified atom stereocenters. The van der Waals surface area contributed by atoms with Crippen LogP contribution in [0.25, 0.3) is 5.69 Å². The summed E-state index contributed by atoms with van der Waals surface area (Å²) in [5.41, 5.74) is 7.76. The lowest BCUT2D eigenvalue weighted by Gasteiger charge is -2.05. The van der Waals surface area contributed by atoms with Crippen LogP contribution in [0.4, 0.5) is 5.82 Å². The molecule has 0 fully saturated rings. The Kier molecular flexibility index (Phi) is 2.33. The number of aromatic nitrogens is 2. The van der Waals surface area contributed by atoms with Gasteiger partial charge in [-0.1, -0.05) is 17.7 Å². The third-order valence-electron chi connectivity index (χ3n) is 2.18. The maximum atomic E-state index is 5.61. The van der Waals surface area contributed by atoms with Crippen molar-refractivity contribution in [1.29, 1.82) is 0 Å². The second kappa shape index (κ2) is 3.65. The summed E-state index contributed by atoms with van der Waals surface area (Å²) in [6.07, 6.45) is 0. The number of nitrogens with zero attached hydrogens (tertiary/aromatic N) is 2. The third-order valence-corrected chi connectivity index (χ3v) is 2.18. The topological polar surface area (TPSA) is 53.1 Å². The van der Waals surface area contributed by atoms with Crippen molar-refractivity contribution in [3.8, 4) is 11.6 Å². The fourth-order valence-electron chi connectivity index (χ4n) is 1.40. The van der Waals surface area contributed by atoms with Crippen LogP contribution in [0.1, 0.15) is 5.56 Å². The van der Waals surface area contributed by atoms with E-state index in [-0.39, 0.29) is 0 Å². The second-order valence-electron chi connectivity index (χ2n) is 3.36. The zero-order valence-corrected chi connectivity index (χ0v) is 8.77. The molecule has 0 amide bonds. The fraction of sp³-hybridized carbons (Fsp3) is 0.182. The van der Waals surface area contributed by atoms with Gasteiger partial charge in [0.1, 0.15) is 5.82 Å². The number of aryl methyl sites for hydroxylation is 1. The first-order chi connectivity index (χ1) is 7.20. The summed E-state index contributed by atoms with van der Waals surface area (Å²) in [4.78, 5) is 0. The summed E-state index contributed by atoms with van der Waals surface area (Å²) in [7, 11) is 1.60. The van der Waals surface area contributed by atoms with Crippen LogP contribution in [-0.4, -0.2) is 16.9 Å². The van der Waals surface area contributed by atoms with Crippen molar-refractivity contribution < 1.29 is 4.74 Å². The van der Waals surface area contributed by atoms with Gasteiger partial charge in [0.2, 0.25) is 5.88 Å². The molecule has 0 atom stereocenters. The normalized spacial score (nSPS) is 10.3. The highest BCUT2D eigenvalue weighted by molar-refractivity contribution is 5.42. The van der Waals surface area contributed by atoms with Crippen molar-refractivity contribution in [1.82, 2.24) is 9.78 Å². The molecule has 2 rings (SSSR count). The molecule has 0 aliphatic heterocycles. The molecule has 78 valence electrons. The molecule has 0 saturated carbocycles. The number of nitrogen functional groups attached to an aromatic ring is 1. The molecule has 4 nitrogen and oxygen atoms in total. The van der Waals surface area contributed by atoms with E-state index >= 15 is 0 Å². The highest BCUT2D eigenvalue weighted by atomic mass is 16.5. The molecule has 0 saturated heterocycles. The van der Waals surface area contributed by atoms with E-state index in [0.717, 1.165) is 5.69 Å². The van der Waals surface area contributed by atoms with Gasteiger partial charge in [-0.05, 0) is 19.1 Å². The highest BCUT2D eigenvalue weighted by Crippen LogP contribution is 2.20. The van der Waals surface area contributed by atoms with Gasteiger partial charge in [0.15, 0.2) is 0 Å². The van der Waals surface area contributed by atoms with Crippen LogP contribution in [0.5, 0.6) is 5.88 Å². The molecule has 15 heavy (non-hydrogen) atoms. The standard InChI is InChI=1S/C11H13N3O/c1-8-3-5-9(6-4-8)14-11(15-2)7-10(12)13-14/h3-7H,1-2H3,(H2,12,13). The van der Waals surface area contributed by atoms with Gasteiger partial charge in [-0.15, -0.1) is 5.10 Å². The van der Waals surface area contributed by atoms with Crippen LogP contribution in [-0.2, 0) is 0 Å². The molecule has 4 heteroatoms. The summed E-state index contributed by atoms with van der Waals surface area (Å²) in [5, 5.41) is 4.15. The molecular weight excluding hydrogens is 190 g/mol. The lowest BCUT2D eigenvalue weighted by Crippen LogP contribution is -2.00. The lowest BCUT2D eigenvalue weighted by molar-refractivity contribution is 0.383. The minimum atomic E-state index is 0.451. The van der Waals surface area contributed by atoms with Gasteiger partial charge >= 0.3 is 0 Å². The number of hydrogen-bond donors (Lipinski definition) is 1. The summed E-state index contributed by atoms with van der Waals surface area (Å²) >= 11 is 0. The van der Waals surface area contributed by atoms with E-state index in [4.69, 9.17) is 10.5 Å². The fourth-order valence-corrected chi connectivity index (χ4v) is 1.40. The first-order valence-corrected chi connectivity index (χ1v) is 4.67. The van der Waals surface area contributed by atoms with Crippen molar-refractivity contribution in [3.05, 3.63) is 35.9 Å². The Hall–Kier alpha value is -1.97. The summed E-state index contributed by atoms with van der Waals surface area (Å²) in [6.45, 7) is 2.04. The predicted molar refractivity (Wildman–Crippen MR) is 59.3 cm³/mol. The molecule has 2 N–H and O–H groups in total. The lowest BCUT2D eigenvalue weighted by atomic mass is 10.2. The molecule has 0 spiro atoms. The molecule has 0 aliphatic carbocycles. The van der Waals surface area contributed by atoms with Gasteiger partial charge in [0.05, 0.1) is 12.8 Å². The molecular formula is C11H13N3O. The third kappa shape index (κ3) is 1.79. The molecule has 0 radical (unpaired) electrons. The average molecular weight is 203 g/mol. The van der Waals surface area contributed by atoms with Crippen molar-refractivity contribution in [2.24, 2.45) is 0 Å². The highest BCUT2D eigenvalue weighted by Gasteiger charge is 2.07. The predicted octanol–water partition coefficient (Wildman–Crippen LogP) is 1.77. The number of methoxy groups -OCH3 is 1. The van der Waals surface area contributed by atoms with E-state index in [1.54, 1.807) is 17.9 Å². The number of nitrogens with two attached hydrogens (primary N) is 1. The number of hydrogen-bond acceptors (Lipinski definition) is 3. The van der Waals surface area contributed by atoms with Crippen molar-refractivity contribution in [2.45, 2.75) is 6.92 Å². The Bertz CT molecular complexity index is 459. The average Bonchev–Trinajstić information content (AvgIpc) is 2.61. The number of benzene rings is 1. The van der Waals surface area contributed by atoms with Crippen molar-refractivity contribution in [3.63, 3.8) is 0 Å². The van der Waals surface area contributed by atoms with E-state index in [1.807, 2.05) is 31.2 Å². The first kappa shape index (κ1) is 9.58. The van der Waals surface area contributed by atoms with Crippen LogP contribution >= 0.6 is 0 Å². The maximum Gasteiger partial charge on any atom is 0.218 e. The summed E-state index contributed by atoms with van der Waals surface area (Å²) < 4.78 is 6.85. The summed E-state index contributed by atoms with van der Waals surface area (Å²) in [6, 6.07) is 9.69. The van der Waals surface area contributed by atoms with Crippen LogP contribution in [0, 0.1) is 6.92 Å². The largest absolute Gasteiger partial charge is 0.481 e. The smallest absolute Gasteiger partial charge is 0.218 e.